The summed E-state index contributed by atoms with van der Waals surface area (Å²) in [6, 6.07) is 13.4. The fourth-order valence-electron chi connectivity index (χ4n) is 3.17. The molecule has 0 atom stereocenters. The van der Waals surface area contributed by atoms with Crippen LogP contribution < -0.4 is 5.32 Å². The van der Waals surface area contributed by atoms with Crippen LogP contribution in [0.3, 0.4) is 0 Å². The number of anilines is 1. The molecular weight excluding hydrogens is 368 g/mol. The third kappa shape index (κ3) is 4.40. The minimum absolute atomic E-state index is 0.268. The number of methoxy groups -OCH3 is 1. The van der Waals surface area contributed by atoms with Gasteiger partial charge in [-0.2, -0.15) is 0 Å². The lowest BCUT2D eigenvalue weighted by atomic mass is 9.84. The number of urea groups is 1. The largest absolute Gasteiger partial charge is 0.465 e. The molecule has 2 aromatic carbocycles. The van der Waals surface area contributed by atoms with E-state index in [1.807, 2.05) is 12.1 Å². The van der Waals surface area contributed by atoms with Gasteiger partial charge >= 0.3 is 12.0 Å². The maximum atomic E-state index is 12.5. The molecular formula is C20H21ClN2O4. The minimum Gasteiger partial charge on any atom is -0.465 e. The van der Waals surface area contributed by atoms with Gasteiger partial charge < -0.3 is 20.1 Å². The molecule has 7 heteroatoms. The fraction of sp³-hybridized carbons (Fsp3) is 0.300. The predicted octanol–water partition coefficient (Wildman–Crippen LogP) is 3.64. The molecule has 1 aliphatic heterocycles. The Labute approximate surface area is 162 Å². The van der Waals surface area contributed by atoms with E-state index in [1.165, 1.54) is 7.11 Å². The van der Waals surface area contributed by atoms with Crippen LogP contribution in [-0.4, -0.2) is 42.2 Å². The fourth-order valence-corrected chi connectivity index (χ4v) is 3.30. The number of carbonyl (C=O) groups is 2. The molecule has 1 aliphatic rings. The van der Waals surface area contributed by atoms with Crippen molar-refractivity contribution in [2.24, 2.45) is 0 Å². The summed E-state index contributed by atoms with van der Waals surface area (Å²) in [6.07, 6.45) is 0.870. The van der Waals surface area contributed by atoms with Crippen LogP contribution in [0.25, 0.3) is 0 Å². The molecule has 0 spiro atoms. The van der Waals surface area contributed by atoms with Gasteiger partial charge in [0.25, 0.3) is 0 Å². The van der Waals surface area contributed by atoms with Crippen LogP contribution in [0.4, 0.5) is 10.5 Å². The number of ether oxygens (including phenoxy) is 1. The molecule has 0 aromatic heterocycles. The number of aliphatic hydroxyl groups is 1. The van der Waals surface area contributed by atoms with E-state index in [0.717, 1.165) is 5.56 Å². The molecule has 0 unspecified atom stereocenters. The molecule has 2 aromatic rings. The Morgan fingerprint density at radius 2 is 1.81 bits per heavy atom. The van der Waals surface area contributed by atoms with Gasteiger partial charge in [0, 0.05) is 23.8 Å². The van der Waals surface area contributed by atoms with E-state index in [1.54, 1.807) is 41.3 Å². The average molecular weight is 389 g/mol. The van der Waals surface area contributed by atoms with E-state index in [-0.39, 0.29) is 6.03 Å². The highest BCUT2D eigenvalue weighted by molar-refractivity contribution is 6.30. The van der Waals surface area contributed by atoms with Crippen LogP contribution in [0.15, 0.2) is 48.5 Å². The van der Waals surface area contributed by atoms with Crippen molar-refractivity contribution in [3.8, 4) is 0 Å². The molecule has 1 fully saturated rings. The lowest BCUT2D eigenvalue weighted by Crippen LogP contribution is -2.46. The average Bonchev–Trinajstić information content (AvgIpc) is 2.68. The number of piperidine rings is 1. The zero-order chi connectivity index (χ0) is 19.4. The summed E-state index contributed by atoms with van der Waals surface area (Å²) in [5, 5.41) is 14.3. The molecule has 1 heterocycles. The summed E-state index contributed by atoms with van der Waals surface area (Å²) < 4.78 is 4.69. The number of hydrogen-bond acceptors (Lipinski definition) is 4. The van der Waals surface area contributed by atoms with Crippen LogP contribution in [0.1, 0.15) is 28.8 Å². The van der Waals surface area contributed by atoms with Crippen LogP contribution in [-0.2, 0) is 10.3 Å². The topological polar surface area (TPSA) is 78.9 Å². The summed E-state index contributed by atoms with van der Waals surface area (Å²) in [5.41, 5.74) is 0.719. The van der Waals surface area contributed by atoms with Crippen molar-refractivity contribution in [3.63, 3.8) is 0 Å². The number of rotatable bonds is 3. The lowest BCUT2D eigenvalue weighted by Gasteiger charge is -2.38. The van der Waals surface area contributed by atoms with Gasteiger partial charge in [0.1, 0.15) is 0 Å². The standard InChI is InChI=1S/C20H21ClN2O4/c1-27-18(24)14-3-2-4-17(13-14)22-19(25)23-11-9-20(26,10-12-23)15-5-7-16(21)8-6-15/h2-8,13,26H,9-12H2,1H3,(H,22,25). The molecule has 2 N–H and O–H groups in total. The molecule has 6 nitrogen and oxygen atoms in total. The Morgan fingerprint density at radius 3 is 2.44 bits per heavy atom. The number of nitrogens with zero attached hydrogens (tertiary/aromatic N) is 1. The van der Waals surface area contributed by atoms with Gasteiger partial charge in [0.05, 0.1) is 18.3 Å². The van der Waals surface area contributed by atoms with Crippen LogP contribution in [0.2, 0.25) is 5.02 Å². The zero-order valence-corrected chi connectivity index (χ0v) is 15.7. The number of esters is 1. The number of hydrogen-bond donors (Lipinski definition) is 2. The number of halogens is 1. The van der Waals surface area contributed by atoms with Crippen LogP contribution in [0, 0.1) is 0 Å². The molecule has 0 saturated carbocycles. The molecule has 1 saturated heterocycles. The van der Waals surface area contributed by atoms with E-state index in [2.05, 4.69) is 10.1 Å². The lowest BCUT2D eigenvalue weighted by molar-refractivity contribution is -0.0157. The van der Waals surface area contributed by atoms with Gasteiger partial charge in [-0.25, -0.2) is 9.59 Å². The van der Waals surface area contributed by atoms with Crippen molar-refractivity contribution in [3.05, 3.63) is 64.7 Å². The summed E-state index contributed by atoms with van der Waals surface area (Å²) in [7, 11) is 1.31. The SMILES string of the molecule is COC(=O)c1cccc(NC(=O)N2CCC(O)(c3ccc(Cl)cc3)CC2)c1. The number of nitrogens with one attached hydrogen (secondary N) is 1. The van der Waals surface area contributed by atoms with Crippen molar-refractivity contribution < 1.29 is 19.4 Å². The first-order valence-corrected chi connectivity index (χ1v) is 9.02. The van der Waals surface area contributed by atoms with Gasteiger partial charge in [-0.15, -0.1) is 0 Å². The highest BCUT2D eigenvalue weighted by atomic mass is 35.5. The minimum atomic E-state index is -0.966. The highest BCUT2D eigenvalue weighted by Crippen LogP contribution is 2.33. The monoisotopic (exact) mass is 388 g/mol. The van der Waals surface area contributed by atoms with E-state index in [0.29, 0.717) is 42.2 Å². The zero-order valence-electron chi connectivity index (χ0n) is 14.9. The molecule has 0 aliphatic carbocycles. The third-order valence-electron chi connectivity index (χ3n) is 4.79. The Hall–Kier alpha value is -2.57. The van der Waals surface area contributed by atoms with Crippen LogP contribution in [0.5, 0.6) is 0 Å². The molecule has 0 radical (unpaired) electrons. The number of amides is 2. The Bertz CT molecular complexity index is 830. The summed E-state index contributed by atoms with van der Waals surface area (Å²) in [5.74, 6) is -0.461. The van der Waals surface area contributed by atoms with E-state index >= 15 is 0 Å². The van der Waals surface area contributed by atoms with E-state index < -0.39 is 11.6 Å². The number of benzene rings is 2. The Morgan fingerprint density at radius 1 is 1.15 bits per heavy atom. The quantitative estimate of drug-likeness (QED) is 0.787. The maximum absolute atomic E-state index is 12.5. The third-order valence-corrected chi connectivity index (χ3v) is 5.05. The second kappa shape index (κ2) is 7.98. The van der Waals surface area contributed by atoms with Crippen molar-refractivity contribution in [2.75, 3.05) is 25.5 Å². The smallest absolute Gasteiger partial charge is 0.337 e. The molecule has 27 heavy (non-hydrogen) atoms. The van der Waals surface area contributed by atoms with Gasteiger partial charge in [-0.05, 0) is 48.7 Å². The molecule has 142 valence electrons. The second-order valence-corrected chi connectivity index (χ2v) is 6.96. The summed E-state index contributed by atoms with van der Waals surface area (Å²) in [4.78, 5) is 25.8. The van der Waals surface area contributed by atoms with Gasteiger partial charge in [0.2, 0.25) is 0 Å². The Balaban J connectivity index is 1.62. The van der Waals surface area contributed by atoms with Crippen molar-refractivity contribution in [1.82, 2.24) is 4.90 Å². The van der Waals surface area contributed by atoms with Crippen LogP contribution >= 0.6 is 11.6 Å². The second-order valence-electron chi connectivity index (χ2n) is 6.53. The number of carbonyl (C=O) groups excluding carboxylic acids is 2. The first kappa shape index (κ1) is 19.2. The predicted molar refractivity (Wildman–Crippen MR) is 103 cm³/mol. The molecule has 2 amide bonds. The first-order chi connectivity index (χ1) is 12.9. The van der Waals surface area contributed by atoms with Crippen molar-refractivity contribution >= 4 is 29.3 Å². The summed E-state index contributed by atoms with van der Waals surface area (Å²) in [6.45, 7) is 0.837. The summed E-state index contributed by atoms with van der Waals surface area (Å²) >= 11 is 5.91. The normalized spacial score (nSPS) is 15.9. The Kier molecular flexibility index (Phi) is 5.68. The van der Waals surface area contributed by atoms with E-state index in [4.69, 9.17) is 11.6 Å². The van der Waals surface area contributed by atoms with Crippen molar-refractivity contribution in [1.29, 1.82) is 0 Å². The first-order valence-electron chi connectivity index (χ1n) is 8.64. The molecule has 3 rings (SSSR count). The van der Waals surface area contributed by atoms with Crippen molar-refractivity contribution in [2.45, 2.75) is 18.4 Å². The maximum Gasteiger partial charge on any atom is 0.337 e. The van der Waals surface area contributed by atoms with Gasteiger partial charge in [0.15, 0.2) is 0 Å². The molecule has 0 bridgehead atoms. The van der Waals surface area contributed by atoms with Gasteiger partial charge in [-0.3, -0.25) is 0 Å². The number of likely N-dealkylation sites (tertiary alicyclic amines) is 1. The van der Waals surface area contributed by atoms with E-state index in [9.17, 15) is 14.7 Å². The van der Waals surface area contributed by atoms with Gasteiger partial charge in [-0.1, -0.05) is 29.8 Å². The highest BCUT2D eigenvalue weighted by Gasteiger charge is 2.35.